The molecule has 114 valence electrons. The number of amides is 1. The van der Waals surface area contributed by atoms with Crippen LogP contribution in [0.25, 0.3) is 0 Å². The molecule has 1 aromatic heterocycles. The molecule has 2 aliphatic carbocycles. The van der Waals surface area contributed by atoms with Crippen LogP contribution >= 0.6 is 0 Å². The molecule has 4 N–H and O–H groups in total. The minimum atomic E-state index is -0.468. The summed E-state index contributed by atoms with van der Waals surface area (Å²) in [5, 5.41) is 13.1. The third kappa shape index (κ3) is 3.00. The molecule has 21 heavy (non-hydrogen) atoms. The third-order valence-corrected chi connectivity index (χ3v) is 4.62. The Morgan fingerprint density at radius 1 is 1.24 bits per heavy atom. The van der Waals surface area contributed by atoms with Crippen molar-refractivity contribution in [2.24, 2.45) is 5.73 Å². The molecule has 2 fully saturated rings. The predicted molar refractivity (Wildman–Crippen MR) is 79.0 cm³/mol. The lowest BCUT2D eigenvalue weighted by Gasteiger charge is -2.18. The zero-order valence-corrected chi connectivity index (χ0v) is 12.1. The van der Waals surface area contributed by atoms with Gasteiger partial charge < -0.3 is 16.2 Å². The fourth-order valence-electron chi connectivity index (χ4n) is 3.44. The van der Waals surface area contributed by atoms with Gasteiger partial charge in [-0.25, -0.2) is 9.97 Å². The first-order valence-corrected chi connectivity index (χ1v) is 7.76. The van der Waals surface area contributed by atoms with E-state index < -0.39 is 5.91 Å². The summed E-state index contributed by atoms with van der Waals surface area (Å²) in [6.45, 7) is 0. The van der Waals surface area contributed by atoms with E-state index in [0.717, 1.165) is 50.6 Å². The molecule has 1 heterocycles. The van der Waals surface area contributed by atoms with Crippen molar-refractivity contribution < 1.29 is 9.90 Å². The molecule has 0 bridgehead atoms. The Morgan fingerprint density at radius 3 is 2.62 bits per heavy atom. The number of carbonyl (C=O) groups is 1. The number of aromatic nitrogens is 2. The molecule has 2 aliphatic rings. The highest BCUT2D eigenvalue weighted by Crippen LogP contribution is 2.35. The number of carbonyl (C=O) groups excluding carboxylic acids is 1. The normalized spacial score (nSPS) is 26.1. The van der Waals surface area contributed by atoms with Crippen molar-refractivity contribution in [2.75, 3.05) is 5.32 Å². The molecule has 6 nitrogen and oxygen atoms in total. The molecule has 2 atom stereocenters. The molecule has 0 aliphatic heterocycles. The predicted octanol–water partition coefficient (Wildman–Crippen LogP) is 1.56. The number of rotatable bonds is 4. The number of anilines is 1. The minimum absolute atomic E-state index is 0.000793. The highest BCUT2D eigenvalue weighted by atomic mass is 16.3. The zero-order chi connectivity index (χ0) is 14.8. The van der Waals surface area contributed by atoms with Crippen LogP contribution in [0.5, 0.6) is 0 Å². The van der Waals surface area contributed by atoms with Crippen molar-refractivity contribution in [3.8, 4) is 0 Å². The van der Waals surface area contributed by atoms with E-state index in [4.69, 9.17) is 5.73 Å². The highest BCUT2D eigenvalue weighted by Gasteiger charge is 2.28. The van der Waals surface area contributed by atoms with Crippen molar-refractivity contribution in [2.45, 2.75) is 63.0 Å². The van der Waals surface area contributed by atoms with Crippen LogP contribution in [0.15, 0.2) is 6.20 Å². The lowest BCUT2D eigenvalue weighted by molar-refractivity contribution is 0.0998. The summed E-state index contributed by atoms with van der Waals surface area (Å²) in [6.07, 6.45) is 8.33. The number of aliphatic hydroxyl groups is 1. The SMILES string of the molecule is NC(=O)c1cnc(NC2CCCC2O)nc1C1CCCC1. The van der Waals surface area contributed by atoms with E-state index in [0.29, 0.717) is 17.4 Å². The molecule has 0 radical (unpaired) electrons. The van der Waals surface area contributed by atoms with Gasteiger partial charge in [0, 0.05) is 12.1 Å². The second-order valence-electron chi connectivity index (χ2n) is 6.09. The van der Waals surface area contributed by atoms with E-state index in [1.807, 2.05) is 0 Å². The van der Waals surface area contributed by atoms with E-state index in [9.17, 15) is 9.90 Å². The standard InChI is InChI=1S/C15H22N4O2/c16-14(21)10-8-17-15(18-11-6-3-7-12(11)20)19-13(10)9-4-1-2-5-9/h8-9,11-12,20H,1-7H2,(H2,16,21)(H,17,18,19). The van der Waals surface area contributed by atoms with Crippen LogP contribution in [0, 0.1) is 0 Å². The van der Waals surface area contributed by atoms with Gasteiger partial charge in [0.05, 0.1) is 23.4 Å². The highest BCUT2D eigenvalue weighted by molar-refractivity contribution is 5.93. The number of nitrogens with one attached hydrogen (secondary N) is 1. The summed E-state index contributed by atoms with van der Waals surface area (Å²) in [7, 11) is 0. The second kappa shape index (κ2) is 5.97. The van der Waals surface area contributed by atoms with Gasteiger partial charge in [-0.05, 0) is 32.1 Å². The molecule has 2 unspecified atom stereocenters. The van der Waals surface area contributed by atoms with Gasteiger partial charge >= 0.3 is 0 Å². The molecular formula is C15H22N4O2. The Morgan fingerprint density at radius 2 is 2.00 bits per heavy atom. The van der Waals surface area contributed by atoms with Crippen LogP contribution in [-0.2, 0) is 0 Å². The maximum absolute atomic E-state index is 11.6. The van der Waals surface area contributed by atoms with Gasteiger partial charge in [0.25, 0.3) is 5.91 Å². The lowest BCUT2D eigenvalue weighted by Crippen LogP contribution is -2.29. The maximum Gasteiger partial charge on any atom is 0.252 e. The summed E-state index contributed by atoms with van der Waals surface area (Å²) in [5.74, 6) is 0.321. The van der Waals surface area contributed by atoms with Crippen molar-refractivity contribution in [1.29, 1.82) is 0 Å². The molecule has 1 amide bonds. The van der Waals surface area contributed by atoms with Crippen LogP contribution in [0.2, 0.25) is 0 Å². The topological polar surface area (TPSA) is 101 Å². The Labute approximate surface area is 124 Å². The summed E-state index contributed by atoms with van der Waals surface area (Å²) < 4.78 is 0. The first-order valence-electron chi connectivity index (χ1n) is 7.76. The van der Waals surface area contributed by atoms with E-state index in [-0.39, 0.29) is 12.1 Å². The Hall–Kier alpha value is -1.69. The van der Waals surface area contributed by atoms with Crippen molar-refractivity contribution in [3.63, 3.8) is 0 Å². The van der Waals surface area contributed by atoms with E-state index in [1.54, 1.807) is 0 Å². The summed E-state index contributed by atoms with van der Waals surface area (Å²) in [6, 6.07) is 0.000793. The smallest absolute Gasteiger partial charge is 0.252 e. The average molecular weight is 290 g/mol. The van der Waals surface area contributed by atoms with Crippen molar-refractivity contribution in [3.05, 3.63) is 17.5 Å². The minimum Gasteiger partial charge on any atom is -0.391 e. The van der Waals surface area contributed by atoms with E-state index in [1.165, 1.54) is 6.20 Å². The van der Waals surface area contributed by atoms with Crippen LogP contribution in [0.4, 0.5) is 5.95 Å². The van der Waals surface area contributed by atoms with Gasteiger partial charge in [0.2, 0.25) is 5.95 Å². The fourth-order valence-corrected chi connectivity index (χ4v) is 3.44. The summed E-state index contributed by atoms with van der Waals surface area (Å²) >= 11 is 0. The maximum atomic E-state index is 11.6. The zero-order valence-electron chi connectivity index (χ0n) is 12.1. The van der Waals surface area contributed by atoms with Crippen LogP contribution in [0.3, 0.4) is 0 Å². The van der Waals surface area contributed by atoms with Crippen molar-refractivity contribution in [1.82, 2.24) is 9.97 Å². The number of hydrogen-bond acceptors (Lipinski definition) is 5. The van der Waals surface area contributed by atoms with Gasteiger partial charge in [-0.15, -0.1) is 0 Å². The molecule has 3 rings (SSSR count). The van der Waals surface area contributed by atoms with E-state index >= 15 is 0 Å². The lowest BCUT2D eigenvalue weighted by atomic mass is 9.99. The molecule has 0 aromatic carbocycles. The number of nitrogens with zero attached hydrogens (tertiary/aromatic N) is 2. The van der Waals surface area contributed by atoms with Gasteiger partial charge in [-0.3, -0.25) is 4.79 Å². The van der Waals surface area contributed by atoms with Gasteiger partial charge in [-0.2, -0.15) is 0 Å². The van der Waals surface area contributed by atoms with Crippen LogP contribution in [-0.4, -0.2) is 33.1 Å². The molecule has 6 heteroatoms. The quantitative estimate of drug-likeness (QED) is 0.781. The van der Waals surface area contributed by atoms with Crippen LogP contribution in [0.1, 0.15) is 66.9 Å². The van der Waals surface area contributed by atoms with Gasteiger partial charge in [0.1, 0.15) is 0 Å². The molecule has 0 spiro atoms. The monoisotopic (exact) mass is 290 g/mol. The molecule has 0 saturated heterocycles. The Balaban J connectivity index is 1.85. The Bertz CT molecular complexity index is 528. The number of hydrogen-bond donors (Lipinski definition) is 3. The fraction of sp³-hybridized carbons (Fsp3) is 0.667. The first-order chi connectivity index (χ1) is 10.1. The average Bonchev–Trinajstić information content (AvgIpc) is 3.11. The molecule has 1 aromatic rings. The largest absolute Gasteiger partial charge is 0.391 e. The van der Waals surface area contributed by atoms with Crippen LogP contribution < -0.4 is 11.1 Å². The van der Waals surface area contributed by atoms with Crippen molar-refractivity contribution >= 4 is 11.9 Å². The molecule has 2 saturated carbocycles. The molecular weight excluding hydrogens is 268 g/mol. The van der Waals surface area contributed by atoms with Gasteiger partial charge in [-0.1, -0.05) is 12.8 Å². The first kappa shape index (κ1) is 14.3. The third-order valence-electron chi connectivity index (χ3n) is 4.62. The van der Waals surface area contributed by atoms with Gasteiger partial charge in [0.15, 0.2) is 0 Å². The number of primary amides is 1. The summed E-state index contributed by atoms with van der Waals surface area (Å²) in [4.78, 5) is 20.3. The number of nitrogens with two attached hydrogens (primary N) is 1. The Kier molecular flexibility index (Phi) is 4.05. The second-order valence-corrected chi connectivity index (χ2v) is 6.09. The number of aliphatic hydroxyl groups excluding tert-OH is 1. The summed E-state index contributed by atoms with van der Waals surface area (Å²) in [5.41, 5.74) is 6.64. The van der Waals surface area contributed by atoms with E-state index in [2.05, 4.69) is 15.3 Å².